The molecule has 3 rings (SSSR count). The number of amides is 2. The van der Waals surface area contributed by atoms with Crippen molar-refractivity contribution in [1.82, 2.24) is 9.62 Å². The van der Waals surface area contributed by atoms with Crippen molar-refractivity contribution >= 4 is 39.3 Å². The molecule has 28 heavy (non-hydrogen) atoms. The highest BCUT2D eigenvalue weighted by Gasteiger charge is 2.32. The molecule has 2 heterocycles. The van der Waals surface area contributed by atoms with E-state index in [0.717, 1.165) is 17.7 Å². The summed E-state index contributed by atoms with van der Waals surface area (Å²) in [5.41, 5.74) is 0.492. The molecular formula is C19H27N3O4S2. The van der Waals surface area contributed by atoms with Gasteiger partial charge in [-0.1, -0.05) is 6.92 Å². The van der Waals surface area contributed by atoms with E-state index >= 15 is 0 Å². The summed E-state index contributed by atoms with van der Waals surface area (Å²) in [6.45, 7) is 6.73. The molecule has 0 atom stereocenters. The van der Waals surface area contributed by atoms with Gasteiger partial charge in [0, 0.05) is 24.0 Å². The van der Waals surface area contributed by atoms with Crippen molar-refractivity contribution in [3.63, 3.8) is 0 Å². The van der Waals surface area contributed by atoms with Gasteiger partial charge in [-0.2, -0.15) is 4.31 Å². The lowest BCUT2D eigenvalue weighted by Gasteiger charge is -2.31. The summed E-state index contributed by atoms with van der Waals surface area (Å²) in [6.07, 6.45) is 1.69. The minimum Gasteiger partial charge on any atom is -0.352 e. The Balaban J connectivity index is 1.89. The summed E-state index contributed by atoms with van der Waals surface area (Å²) >= 11 is 1.37. The summed E-state index contributed by atoms with van der Waals surface area (Å²) in [5.74, 6) is 0.300. The molecule has 1 aromatic rings. The van der Waals surface area contributed by atoms with Crippen molar-refractivity contribution in [2.24, 2.45) is 5.92 Å². The molecular weight excluding hydrogens is 398 g/mol. The second kappa shape index (κ2) is 8.42. The first-order valence-corrected chi connectivity index (χ1v) is 12.0. The number of sulfonamides is 1. The number of benzene rings is 1. The van der Waals surface area contributed by atoms with Crippen LogP contribution in [0, 0.1) is 5.92 Å². The molecule has 0 bridgehead atoms. The molecule has 2 amide bonds. The molecule has 1 aromatic carbocycles. The van der Waals surface area contributed by atoms with Gasteiger partial charge in [0.15, 0.2) is 0 Å². The highest BCUT2D eigenvalue weighted by atomic mass is 32.2. The van der Waals surface area contributed by atoms with Crippen LogP contribution in [0.1, 0.15) is 33.6 Å². The van der Waals surface area contributed by atoms with E-state index in [-0.39, 0.29) is 35.0 Å². The fourth-order valence-corrected chi connectivity index (χ4v) is 5.81. The zero-order valence-electron chi connectivity index (χ0n) is 16.5. The van der Waals surface area contributed by atoms with Gasteiger partial charge >= 0.3 is 0 Å². The number of hydrogen-bond acceptors (Lipinski definition) is 5. The van der Waals surface area contributed by atoms with Crippen LogP contribution in [0.3, 0.4) is 0 Å². The van der Waals surface area contributed by atoms with Crippen LogP contribution in [0.15, 0.2) is 28.0 Å². The molecule has 0 aliphatic carbocycles. The Morgan fingerprint density at radius 2 is 1.96 bits per heavy atom. The van der Waals surface area contributed by atoms with E-state index in [1.54, 1.807) is 12.1 Å². The second-order valence-electron chi connectivity index (χ2n) is 7.71. The predicted molar refractivity (Wildman–Crippen MR) is 110 cm³/mol. The molecule has 7 nitrogen and oxygen atoms in total. The van der Waals surface area contributed by atoms with Crippen LogP contribution in [0.5, 0.6) is 0 Å². The van der Waals surface area contributed by atoms with Gasteiger partial charge in [0.1, 0.15) is 6.54 Å². The number of fused-ring (bicyclic) bond motifs is 1. The quantitative estimate of drug-likeness (QED) is 0.780. The standard InChI is InChI=1S/C19H27N3O4S2/c1-13(2)20-18(23)11-22-16-10-15(4-5-17(16)27-12-19(22)24)28(25,26)21-8-6-14(3)7-9-21/h4-5,10,13-14H,6-9,11-12H2,1-3H3,(H,20,23). The Morgan fingerprint density at radius 3 is 2.61 bits per heavy atom. The summed E-state index contributed by atoms with van der Waals surface area (Å²) in [4.78, 5) is 27.0. The number of piperidine rings is 1. The SMILES string of the molecule is CC1CCN(S(=O)(=O)c2ccc3c(c2)N(CC(=O)NC(C)C)C(=O)CS3)CC1. The summed E-state index contributed by atoms with van der Waals surface area (Å²) < 4.78 is 27.7. The Labute approximate surface area is 170 Å². The number of thioether (sulfide) groups is 1. The van der Waals surface area contributed by atoms with Crippen molar-refractivity contribution in [2.45, 2.75) is 49.4 Å². The molecule has 2 aliphatic heterocycles. The van der Waals surface area contributed by atoms with E-state index in [9.17, 15) is 18.0 Å². The van der Waals surface area contributed by atoms with Gasteiger partial charge in [-0.15, -0.1) is 11.8 Å². The van der Waals surface area contributed by atoms with Crippen molar-refractivity contribution < 1.29 is 18.0 Å². The zero-order chi connectivity index (χ0) is 20.5. The fraction of sp³-hybridized carbons (Fsp3) is 0.579. The molecule has 0 spiro atoms. The van der Waals surface area contributed by atoms with E-state index in [4.69, 9.17) is 0 Å². The van der Waals surface area contributed by atoms with Gasteiger partial charge in [0.2, 0.25) is 21.8 Å². The minimum atomic E-state index is -3.62. The van der Waals surface area contributed by atoms with Crippen LogP contribution >= 0.6 is 11.8 Å². The summed E-state index contributed by atoms with van der Waals surface area (Å²) in [5, 5.41) is 2.78. The van der Waals surface area contributed by atoms with E-state index in [2.05, 4.69) is 12.2 Å². The lowest BCUT2D eigenvalue weighted by molar-refractivity contribution is -0.123. The fourth-order valence-electron chi connectivity index (χ4n) is 3.40. The third-order valence-electron chi connectivity index (χ3n) is 5.01. The molecule has 0 unspecified atom stereocenters. The molecule has 1 N–H and O–H groups in total. The first kappa shape index (κ1) is 21.1. The number of nitrogens with one attached hydrogen (secondary N) is 1. The number of carbonyl (C=O) groups excluding carboxylic acids is 2. The number of hydrogen-bond donors (Lipinski definition) is 1. The molecule has 0 aromatic heterocycles. The van der Waals surface area contributed by atoms with Crippen LogP contribution in [0.2, 0.25) is 0 Å². The maximum Gasteiger partial charge on any atom is 0.243 e. The van der Waals surface area contributed by atoms with Crippen molar-refractivity contribution in [3.8, 4) is 0 Å². The van der Waals surface area contributed by atoms with Crippen LogP contribution in [0.25, 0.3) is 0 Å². The average molecular weight is 426 g/mol. The van der Waals surface area contributed by atoms with Crippen LogP contribution < -0.4 is 10.2 Å². The lowest BCUT2D eigenvalue weighted by atomic mass is 10.0. The van der Waals surface area contributed by atoms with Crippen molar-refractivity contribution in [3.05, 3.63) is 18.2 Å². The molecule has 0 saturated carbocycles. The summed E-state index contributed by atoms with van der Waals surface area (Å²) in [6, 6.07) is 4.84. The predicted octanol–water partition coefficient (Wildman–Crippen LogP) is 2.07. The number of anilines is 1. The highest BCUT2D eigenvalue weighted by Crippen LogP contribution is 2.37. The van der Waals surface area contributed by atoms with Crippen LogP contribution in [-0.4, -0.2) is 56.0 Å². The molecule has 1 fully saturated rings. The van der Waals surface area contributed by atoms with Crippen LogP contribution in [-0.2, 0) is 19.6 Å². The summed E-state index contributed by atoms with van der Waals surface area (Å²) in [7, 11) is -3.62. The first-order valence-electron chi connectivity index (χ1n) is 9.55. The first-order chi connectivity index (χ1) is 13.2. The number of nitrogens with zero attached hydrogens (tertiary/aromatic N) is 2. The van der Waals surface area contributed by atoms with E-state index in [1.807, 2.05) is 13.8 Å². The normalized spacial score (nSPS) is 19.0. The van der Waals surface area contributed by atoms with Gasteiger partial charge in [-0.25, -0.2) is 8.42 Å². The Morgan fingerprint density at radius 1 is 1.29 bits per heavy atom. The minimum absolute atomic E-state index is 0.0329. The largest absolute Gasteiger partial charge is 0.352 e. The molecule has 1 saturated heterocycles. The third kappa shape index (κ3) is 4.52. The van der Waals surface area contributed by atoms with E-state index < -0.39 is 10.0 Å². The van der Waals surface area contributed by atoms with Crippen LogP contribution in [0.4, 0.5) is 5.69 Å². The molecule has 9 heteroatoms. The van der Waals surface area contributed by atoms with Gasteiger partial charge in [0.05, 0.1) is 16.3 Å². The highest BCUT2D eigenvalue weighted by molar-refractivity contribution is 8.00. The monoisotopic (exact) mass is 425 g/mol. The lowest BCUT2D eigenvalue weighted by Crippen LogP contribution is -2.45. The maximum atomic E-state index is 13.1. The van der Waals surface area contributed by atoms with Gasteiger partial charge in [-0.05, 0) is 50.8 Å². The molecule has 2 aliphatic rings. The average Bonchev–Trinajstić information content (AvgIpc) is 2.63. The smallest absolute Gasteiger partial charge is 0.243 e. The topological polar surface area (TPSA) is 86.8 Å². The Kier molecular flexibility index (Phi) is 6.36. The third-order valence-corrected chi connectivity index (χ3v) is 7.95. The number of rotatable bonds is 5. The van der Waals surface area contributed by atoms with Gasteiger partial charge in [-0.3, -0.25) is 9.59 Å². The van der Waals surface area contributed by atoms with Gasteiger partial charge < -0.3 is 10.2 Å². The molecule has 154 valence electrons. The zero-order valence-corrected chi connectivity index (χ0v) is 18.1. The van der Waals surface area contributed by atoms with Crippen molar-refractivity contribution in [2.75, 3.05) is 30.3 Å². The Bertz CT molecular complexity index is 862. The van der Waals surface area contributed by atoms with Gasteiger partial charge in [0.25, 0.3) is 0 Å². The maximum absolute atomic E-state index is 13.1. The van der Waals surface area contributed by atoms with E-state index in [0.29, 0.717) is 24.7 Å². The molecule has 0 radical (unpaired) electrons. The Hall–Kier alpha value is -1.58. The second-order valence-corrected chi connectivity index (χ2v) is 10.7. The number of carbonyl (C=O) groups is 2. The van der Waals surface area contributed by atoms with E-state index in [1.165, 1.54) is 27.0 Å². The van der Waals surface area contributed by atoms with Crippen molar-refractivity contribution in [1.29, 1.82) is 0 Å².